The highest BCUT2D eigenvalue weighted by Crippen LogP contribution is 2.07. The highest BCUT2D eigenvalue weighted by Gasteiger charge is 2.02. The zero-order valence-corrected chi connectivity index (χ0v) is 12.4. The molecule has 1 unspecified atom stereocenters. The lowest BCUT2D eigenvalue weighted by molar-refractivity contribution is 0.482. The number of hydrogen-bond donors (Lipinski definition) is 1. The van der Waals surface area contributed by atoms with E-state index in [9.17, 15) is 0 Å². The molecule has 0 saturated heterocycles. The van der Waals surface area contributed by atoms with Crippen LogP contribution in [0.4, 0.5) is 0 Å². The van der Waals surface area contributed by atoms with Crippen LogP contribution >= 0.6 is 0 Å². The highest BCUT2D eigenvalue weighted by molar-refractivity contribution is 5.09. The van der Waals surface area contributed by atoms with Crippen LogP contribution in [0.2, 0.25) is 0 Å². The van der Waals surface area contributed by atoms with Crippen LogP contribution < -0.4 is 5.32 Å². The minimum atomic E-state index is 0.636. The molecule has 1 aromatic rings. The van der Waals surface area contributed by atoms with Crippen molar-refractivity contribution in [2.24, 2.45) is 0 Å². The molecule has 0 amide bonds. The average Bonchev–Trinajstić information content (AvgIpc) is 2.80. The van der Waals surface area contributed by atoms with Crippen molar-refractivity contribution in [2.45, 2.75) is 78.4 Å². The summed E-state index contributed by atoms with van der Waals surface area (Å²) >= 11 is 0. The predicted octanol–water partition coefficient (Wildman–Crippen LogP) is 4.35. The molecule has 1 atom stereocenters. The van der Waals surface area contributed by atoms with Crippen LogP contribution in [0.1, 0.15) is 64.9 Å². The van der Waals surface area contributed by atoms with Gasteiger partial charge in [0.2, 0.25) is 0 Å². The van der Waals surface area contributed by atoms with Crippen molar-refractivity contribution >= 4 is 0 Å². The normalized spacial score (nSPS) is 12.8. The molecule has 0 aliphatic carbocycles. The van der Waals surface area contributed by atoms with E-state index in [2.05, 4.69) is 49.1 Å². The Morgan fingerprint density at radius 1 is 1.17 bits per heavy atom. The minimum Gasteiger partial charge on any atom is -0.354 e. The van der Waals surface area contributed by atoms with Crippen molar-refractivity contribution in [3.8, 4) is 0 Å². The van der Waals surface area contributed by atoms with Crippen LogP contribution in [-0.4, -0.2) is 10.6 Å². The molecule has 0 bridgehead atoms. The molecule has 0 aliphatic heterocycles. The quantitative estimate of drug-likeness (QED) is 0.611. The number of rotatable bonds is 10. The topological polar surface area (TPSA) is 17.0 Å². The second kappa shape index (κ2) is 9.21. The van der Waals surface area contributed by atoms with Gasteiger partial charge in [-0.15, -0.1) is 0 Å². The molecule has 18 heavy (non-hydrogen) atoms. The number of aromatic nitrogens is 1. The van der Waals surface area contributed by atoms with Gasteiger partial charge in [0.1, 0.15) is 0 Å². The maximum Gasteiger partial charge on any atom is 0.0223 e. The van der Waals surface area contributed by atoms with E-state index in [-0.39, 0.29) is 0 Å². The van der Waals surface area contributed by atoms with Gasteiger partial charge in [-0.2, -0.15) is 0 Å². The number of hydrogen-bond acceptors (Lipinski definition) is 1. The predicted molar refractivity (Wildman–Crippen MR) is 79.8 cm³/mol. The summed E-state index contributed by atoms with van der Waals surface area (Å²) in [7, 11) is 0. The minimum absolute atomic E-state index is 0.636. The van der Waals surface area contributed by atoms with Crippen LogP contribution in [0, 0.1) is 0 Å². The Labute approximate surface area is 113 Å². The summed E-state index contributed by atoms with van der Waals surface area (Å²) in [4.78, 5) is 0. The Morgan fingerprint density at radius 3 is 2.72 bits per heavy atom. The van der Waals surface area contributed by atoms with Crippen molar-refractivity contribution in [3.05, 3.63) is 24.0 Å². The monoisotopic (exact) mass is 250 g/mol. The molecule has 1 N–H and O–H groups in total. The van der Waals surface area contributed by atoms with Gasteiger partial charge in [0.25, 0.3) is 0 Å². The third-order valence-electron chi connectivity index (χ3n) is 3.44. The number of nitrogens with zero attached hydrogens (tertiary/aromatic N) is 1. The van der Waals surface area contributed by atoms with Gasteiger partial charge in [0.05, 0.1) is 0 Å². The maximum absolute atomic E-state index is 3.62. The summed E-state index contributed by atoms with van der Waals surface area (Å²) in [5.74, 6) is 0. The van der Waals surface area contributed by atoms with E-state index in [0.29, 0.717) is 6.04 Å². The molecular formula is C16H30N2. The summed E-state index contributed by atoms with van der Waals surface area (Å²) in [5.41, 5.74) is 1.41. The highest BCUT2D eigenvalue weighted by atomic mass is 14.9. The van der Waals surface area contributed by atoms with E-state index >= 15 is 0 Å². The Hall–Kier alpha value is -0.760. The van der Waals surface area contributed by atoms with Gasteiger partial charge in [0.15, 0.2) is 0 Å². The van der Waals surface area contributed by atoms with Gasteiger partial charge in [-0.3, -0.25) is 0 Å². The molecule has 0 aliphatic rings. The smallest absolute Gasteiger partial charge is 0.0223 e. The van der Waals surface area contributed by atoms with Gasteiger partial charge in [-0.1, -0.05) is 39.5 Å². The van der Waals surface area contributed by atoms with Crippen LogP contribution in [0.15, 0.2) is 18.5 Å². The molecule has 0 radical (unpaired) electrons. The van der Waals surface area contributed by atoms with Gasteiger partial charge in [-0.05, 0) is 31.4 Å². The Kier molecular flexibility index (Phi) is 7.83. The SMILES string of the molecule is CCCCCCC(C)NCc1ccn(CCC)c1. The van der Waals surface area contributed by atoms with E-state index in [1.165, 1.54) is 44.1 Å². The molecular weight excluding hydrogens is 220 g/mol. The van der Waals surface area contributed by atoms with Crippen molar-refractivity contribution in [1.82, 2.24) is 9.88 Å². The van der Waals surface area contributed by atoms with E-state index in [0.717, 1.165) is 13.1 Å². The van der Waals surface area contributed by atoms with Gasteiger partial charge in [0, 0.05) is 31.5 Å². The second-order valence-electron chi connectivity index (χ2n) is 5.39. The molecule has 2 nitrogen and oxygen atoms in total. The second-order valence-corrected chi connectivity index (χ2v) is 5.39. The first-order chi connectivity index (χ1) is 8.76. The third kappa shape index (κ3) is 6.25. The largest absolute Gasteiger partial charge is 0.354 e. The number of unbranched alkanes of at least 4 members (excludes halogenated alkanes) is 3. The Morgan fingerprint density at radius 2 is 2.00 bits per heavy atom. The number of nitrogens with one attached hydrogen (secondary N) is 1. The molecule has 2 heteroatoms. The van der Waals surface area contributed by atoms with Gasteiger partial charge in [-0.25, -0.2) is 0 Å². The van der Waals surface area contributed by atoms with Crippen molar-refractivity contribution in [2.75, 3.05) is 0 Å². The first kappa shape index (κ1) is 15.3. The van der Waals surface area contributed by atoms with Gasteiger partial charge >= 0.3 is 0 Å². The van der Waals surface area contributed by atoms with Crippen LogP contribution in [0.3, 0.4) is 0 Å². The van der Waals surface area contributed by atoms with Gasteiger partial charge < -0.3 is 9.88 Å². The zero-order valence-electron chi connectivity index (χ0n) is 12.4. The fourth-order valence-electron chi connectivity index (χ4n) is 2.26. The first-order valence-corrected chi connectivity index (χ1v) is 7.64. The van der Waals surface area contributed by atoms with Crippen LogP contribution in [-0.2, 0) is 13.1 Å². The summed E-state index contributed by atoms with van der Waals surface area (Å²) in [6.07, 6.45) is 12.4. The van der Waals surface area contributed by atoms with E-state index in [4.69, 9.17) is 0 Å². The molecule has 0 aromatic carbocycles. The van der Waals surface area contributed by atoms with E-state index in [1.807, 2.05) is 0 Å². The molecule has 0 saturated carbocycles. The van der Waals surface area contributed by atoms with E-state index < -0.39 is 0 Å². The summed E-state index contributed by atoms with van der Waals surface area (Å²) in [6, 6.07) is 2.86. The standard InChI is InChI=1S/C16H30N2/c1-4-6-7-8-9-15(3)17-13-16-10-12-18(14-16)11-5-2/h10,12,14-15,17H,4-9,11,13H2,1-3H3. The Balaban J connectivity index is 2.14. The maximum atomic E-state index is 3.62. The van der Waals surface area contributed by atoms with E-state index in [1.54, 1.807) is 0 Å². The van der Waals surface area contributed by atoms with Crippen LogP contribution in [0.5, 0.6) is 0 Å². The lowest BCUT2D eigenvalue weighted by Crippen LogP contribution is -2.25. The zero-order chi connectivity index (χ0) is 13.2. The first-order valence-electron chi connectivity index (χ1n) is 7.64. The molecule has 1 rings (SSSR count). The third-order valence-corrected chi connectivity index (χ3v) is 3.44. The molecule has 104 valence electrons. The van der Waals surface area contributed by atoms with Crippen molar-refractivity contribution in [3.63, 3.8) is 0 Å². The summed E-state index contributed by atoms with van der Waals surface area (Å²) < 4.78 is 2.28. The average molecular weight is 250 g/mol. The summed E-state index contributed by atoms with van der Waals surface area (Å²) in [5, 5.41) is 3.62. The lowest BCUT2D eigenvalue weighted by Gasteiger charge is -2.12. The molecule has 1 heterocycles. The van der Waals surface area contributed by atoms with Crippen molar-refractivity contribution in [1.29, 1.82) is 0 Å². The summed E-state index contributed by atoms with van der Waals surface area (Å²) in [6.45, 7) is 8.92. The van der Waals surface area contributed by atoms with Crippen LogP contribution in [0.25, 0.3) is 0 Å². The molecule has 1 aromatic heterocycles. The fourth-order valence-corrected chi connectivity index (χ4v) is 2.26. The Bertz CT molecular complexity index is 304. The molecule has 0 fully saturated rings. The van der Waals surface area contributed by atoms with Crippen molar-refractivity contribution < 1.29 is 0 Å². The lowest BCUT2D eigenvalue weighted by atomic mass is 10.1. The molecule has 0 spiro atoms. The number of aryl methyl sites for hydroxylation is 1. The fraction of sp³-hybridized carbons (Fsp3) is 0.750.